The maximum atomic E-state index is 12.4. The van der Waals surface area contributed by atoms with Crippen LogP contribution in [0, 0.1) is 5.92 Å². The first-order valence-electron chi connectivity index (χ1n) is 7.84. The van der Waals surface area contributed by atoms with Crippen molar-refractivity contribution in [3.05, 3.63) is 0 Å². The second kappa shape index (κ2) is 6.90. The Kier molecular flexibility index (Phi) is 5.41. The van der Waals surface area contributed by atoms with Gasteiger partial charge in [-0.1, -0.05) is 13.3 Å². The lowest BCUT2D eigenvalue weighted by Crippen LogP contribution is -2.60. The Morgan fingerprint density at radius 2 is 2.00 bits per heavy atom. The summed E-state index contributed by atoms with van der Waals surface area (Å²) >= 11 is 1.84. The van der Waals surface area contributed by atoms with E-state index in [4.69, 9.17) is 0 Å². The maximum Gasteiger partial charge on any atom is 0.329 e. The van der Waals surface area contributed by atoms with Crippen molar-refractivity contribution in [3.63, 3.8) is 0 Å². The summed E-state index contributed by atoms with van der Waals surface area (Å²) in [5.41, 5.74) is -1.07. The number of rotatable bonds is 4. The number of nitrogens with zero attached hydrogens (tertiary/aromatic N) is 1. The third-order valence-electron chi connectivity index (χ3n) is 5.07. The van der Waals surface area contributed by atoms with Crippen LogP contribution in [0.5, 0.6) is 0 Å². The Bertz CT molecular complexity index is 388. The number of carboxylic acids is 1. The van der Waals surface area contributed by atoms with E-state index in [1.54, 1.807) is 11.9 Å². The molecule has 2 aliphatic rings. The number of urea groups is 1. The monoisotopic (exact) mass is 314 g/mol. The number of hydrogen-bond acceptors (Lipinski definition) is 3. The molecule has 2 amide bonds. The Labute approximate surface area is 130 Å². The first-order valence-corrected chi connectivity index (χ1v) is 9.00. The first-order chi connectivity index (χ1) is 9.98. The summed E-state index contributed by atoms with van der Waals surface area (Å²) < 4.78 is 0. The van der Waals surface area contributed by atoms with E-state index in [9.17, 15) is 14.7 Å². The van der Waals surface area contributed by atoms with Crippen LogP contribution in [0.4, 0.5) is 4.79 Å². The molecule has 6 heteroatoms. The second-order valence-electron chi connectivity index (χ2n) is 6.30. The highest BCUT2D eigenvalue weighted by Gasteiger charge is 2.44. The maximum absolute atomic E-state index is 12.4. The molecule has 1 aliphatic heterocycles. The summed E-state index contributed by atoms with van der Waals surface area (Å²) in [4.78, 5) is 25.8. The predicted octanol–water partition coefficient (Wildman–Crippen LogP) is 2.56. The highest BCUT2D eigenvalue weighted by atomic mass is 32.2. The molecular formula is C15H26N2O3S. The van der Waals surface area contributed by atoms with Gasteiger partial charge in [-0.25, -0.2) is 9.59 Å². The molecule has 2 rings (SSSR count). The number of carbonyl (C=O) groups excluding carboxylic acids is 1. The summed E-state index contributed by atoms with van der Waals surface area (Å²) in [5.74, 6) is 1.73. The lowest BCUT2D eigenvalue weighted by atomic mass is 9.75. The van der Waals surface area contributed by atoms with E-state index >= 15 is 0 Å². The number of amides is 2. The van der Waals surface area contributed by atoms with Gasteiger partial charge in [0.1, 0.15) is 5.54 Å². The zero-order chi connectivity index (χ0) is 15.5. The van der Waals surface area contributed by atoms with Gasteiger partial charge in [0.05, 0.1) is 0 Å². The molecule has 1 unspecified atom stereocenters. The van der Waals surface area contributed by atoms with E-state index in [1.165, 1.54) is 0 Å². The summed E-state index contributed by atoms with van der Waals surface area (Å²) in [5, 5.41) is 12.4. The molecule has 1 atom stereocenters. The summed E-state index contributed by atoms with van der Waals surface area (Å²) in [6.45, 7) is 2.14. The molecule has 1 saturated heterocycles. The van der Waals surface area contributed by atoms with Gasteiger partial charge in [-0.05, 0) is 43.8 Å². The van der Waals surface area contributed by atoms with Crippen molar-refractivity contribution in [3.8, 4) is 0 Å². The third-order valence-corrected chi connectivity index (χ3v) is 6.21. The third kappa shape index (κ3) is 3.65. The molecule has 0 spiro atoms. The van der Waals surface area contributed by atoms with Crippen LogP contribution < -0.4 is 5.32 Å². The van der Waals surface area contributed by atoms with Crippen LogP contribution in [-0.2, 0) is 4.79 Å². The van der Waals surface area contributed by atoms with Crippen LogP contribution in [0.25, 0.3) is 0 Å². The number of nitrogens with one attached hydrogen (secondary N) is 1. The second-order valence-corrected chi connectivity index (χ2v) is 7.45. The fraction of sp³-hybridized carbons (Fsp3) is 0.867. The molecule has 0 bridgehead atoms. The molecule has 2 N–H and O–H groups in total. The van der Waals surface area contributed by atoms with Gasteiger partial charge in [0.2, 0.25) is 0 Å². The minimum absolute atomic E-state index is 0.229. The fourth-order valence-electron chi connectivity index (χ4n) is 3.26. The number of carbonyl (C=O) groups is 2. The molecule has 0 aromatic carbocycles. The van der Waals surface area contributed by atoms with Crippen molar-refractivity contribution in [1.29, 1.82) is 0 Å². The Morgan fingerprint density at radius 1 is 1.33 bits per heavy atom. The van der Waals surface area contributed by atoms with Gasteiger partial charge < -0.3 is 15.3 Å². The summed E-state index contributed by atoms with van der Waals surface area (Å²) in [7, 11) is 1.78. The number of thioether (sulfide) groups is 1. The molecule has 0 radical (unpaired) electrons. The van der Waals surface area contributed by atoms with Crippen LogP contribution in [0.3, 0.4) is 0 Å². The van der Waals surface area contributed by atoms with E-state index in [0.717, 1.165) is 37.2 Å². The number of hydrogen-bond donors (Lipinski definition) is 2. The Balaban J connectivity index is 1.99. The van der Waals surface area contributed by atoms with E-state index in [-0.39, 0.29) is 12.1 Å². The van der Waals surface area contributed by atoms with Gasteiger partial charge in [0.15, 0.2) is 0 Å². The molecule has 21 heavy (non-hydrogen) atoms. The molecule has 120 valence electrons. The van der Waals surface area contributed by atoms with Crippen LogP contribution in [-0.4, -0.2) is 52.1 Å². The molecule has 1 aliphatic carbocycles. The SMILES string of the molecule is CCC1CCC(NC(=O)N(C)C2CCSC2)(C(=O)O)CC1. The van der Waals surface area contributed by atoms with E-state index in [1.807, 2.05) is 11.8 Å². The lowest BCUT2D eigenvalue weighted by molar-refractivity contribution is -0.146. The van der Waals surface area contributed by atoms with Crippen molar-refractivity contribution in [2.45, 2.75) is 57.0 Å². The average Bonchev–Trinajstić information content (AvgIpc) is 3.01. The van der Waals surface area contributed by atoms with Crippen LogP contribution >= 0.6 is 11.8 Å². The smallest absolute Gasteiger partial charge is 0.329 e. The predicted molar refractivity (Wildman–Crippen MR) is 84.6 cm³/mol. The van der Waals surface area contributed by atoms with Crippen molar-refractivity contribution in [2.75, 3.05) is 18.6 Å². The van der Waals surface area contributed by atoms with E-state index in [2.05, 4.69) is 12.2 Å². The van der Waals surface area contributed by atoms with E-state index < -0.39 is 11.5 Å². The van der Waals surface area contributed by atoms with Crippen molar-refractivity contribution < 1.29 is 14.7 Å². The average molecular weight is 314 g/mol. The van der Waals surface area contributed by atoms with Gasteiger partial charge in [0.25, 0.3) is 0 Å². The summed E-state index contributed by atoms with van der Waals surface area (Å²) in [6.07, 6.45) is 4.92. The van der Waals surface area contributed by atoms with Gasteiger partial charge in [-0.2, -0.15) is 11.8 Å². The van der Waals surface area contributed by atoms with Gasteiger partial charge >= 0.3 is 12.0 Å². The standard InChI is InChI=1S/C15H26N2O3S/c1-3-11-4-7-15(8-5-11,13(18)19)16-14(20)17(2)12-6-9-21-10-12/h11-12H,3-10H2,1-2H3,(H,16,20)(H,18,19). The first kappa shape index (κ1) is 16.5. The Morgan fingerprint density at radius 3 is 2.48 bits per heavy atom. The highest BCUT2D eigenvalue weighted by molar-refractivity contribution is 7.99. The minimum atomic E-state index is -1.07. The molecule has 5 nitrogen and oxygen atoms in total. The molecule has 1 heterocycles. The van der Waals surface area contributed by atoms with Crippen molar-refractivity contribution >= 4 is 23.8 Å². The molecule has 0 aromatic heterocycles. The zero-order valence-corrected chi connectivity index (χ0v) is 13.7. The van der Waals surface area contributed by atoms with Crippen molar-refractivity contribution in [1.82, 2.24) is 10.2 Å². The number of aliphatic carboxylic acids is 1. The van der Waals surface area contributed by atoms with Gasteiger partial charge in [0, 0.05) is 18.8 Å². The molecule has 0 aromatic rings. The fourth-order valence-corrected chi connectivity index (χ4v) is 4.52. The van der Waals surface area contributed by atoms with E-state index in [0.29, 0.717) is 18.8 Å². The molecular weight excluding hydrogens is 288 g/mol. The van der Waals surface area contributed by atoms with Crippen LogP contribution in [0.1, 0.15) is 45.4 Å². The topological polar surface area (TPSA) is 69.6 Å². The summed E-state index contributed by atoms with van der Waals surface area (Å²) in [6, 6.07) is -0.00678. The normalized spacial score (nSPS) is 32.7. The largest absolute Gasteiger partial charge is 0.480 e. The minimum Gasteiger partial charge on any atom is -0.480 e. The quantitative estimate of drug-likeness (QED) is 0.837. The van der Waals surface area contributed by atoms with Gasteiger partial charge in [-0.3, -0.25) is 0 Å². The van der Waals surface area contributed by atoms with Gasteiger partial charge in [-0.15, -0.1) is 0 Å². The zero-order valence-electron chi connectivity index (χ0n) is 12.9. The number of carboxylic acid groups (broad SMARTS) is 1. The Hall–Kier alpha value is -0.910. The highest BCUT2D eigenvalue weighted by Crippen LogP contribution is 2.34. The van der Waals surface area contributed by atoms with Crippen LogP contribution in [0.2, 0.25) is 0 Å². The van der Waals surface area contributed by atoms with Crippen molar-refractivity contribution in [2.24, 2.45) is 5.92 Å². The molecule has 1 saturated carbocycles. The van der Waals surface area contributed by atoms with Crippen LogP contribution in [0.15, 0.2) is 0 Å². The molecule has 2 fully saturated rings. The lowest BCUT2D eigenvalue weighted by Gasteiger charge is -2.38.